The molecule has 1 amide bonds. The zero-order chi connectivity index (χ0) is 15.3. The van der Waals surface area contributed by atoms with E-state index in [1.165, 1.54) is 12.1 Å². The van der Waals surface area contributed by atoms with E-state index in [4.69, 9.17) is 5.11 Å². The summed E-state index contributed by atoms with van der Waals surface area (Å²) in [7, 11) is -3.79. The van der Waals surface area contributed by atoms with Crippen molar-refractivity contribution in [1.29, 1.82) is 0 Å². The summed E-state index contributed by atoms with van der Waals surface area (Å²) in [5.41, 5.74) is 0. The predicted molar refractivity (Wildman–Crippen MR) is 74.1 cm³/mol. The molecule has 112 valence electrons. The van der Waals surface area contributed by atoms with E-state index in [1.807, 2.05) is 0 Å². The van der Waals surface area contributed by atoms with Crippen molar-refractivity contribution in [3.05, 3.63) is 17.0 Å². The summed E-state index contributed by atoms with van der Waals surface area (Å²) < 4.78 is 25.9. The topological polar surface area (TPSA) is 113 Å². The number of carbonyl (C=O) groups is 2. The van der Waals surface area contributed by atoms with Crippen LogP contribution in [0.1, 0.15) is 18.7 Å². The summed E-state index contributed by atoms with van der Waals surface area (Å²) in [6, 6.07) is 2.70. The van der Waals surface area contributed by atoms with Crippen molar-refractivity contribution in [2.45, 2.75) is 30.5 Å². The smallest absolute Gasteiger partial charge is 0.308 e. The molecule has 0 bridgehead atoms. The normalized spacial score (nSPS) is 11.6. The van der Waals surface area contributed by atoms with Crippen LogP contribution < -0.4 is 10.0 Å². The number of aliphatic carboxylic acids is 1. The van der Waals surface area contributed by atoms with Crippen LogP contribution in [0.3, 0.4) is 0 Å². The average Bonchev–Trinajstić information content (AvgIpc) is 2.74. The van der Waals surface area contributed by atoms with Crippen LogP contribution in [-0.2, 0) is 26.0 Å². The van der Waals surface area contributed by atoms with Crippen LogP contribution in [0.15, 0.2) is 16.3 Å². The summed E-state index contributed by atoms with van der Waals surface area (Å²) >= 11 is 0.871. The van der Waals surface area contributed by atoms with Gasteiger partial charge in [-0.3, -0.25) is 9.59 Å². The molecule has 0 aliphatic heterocycles. The summed E-state index contributed by atoms with van der Waals surface area (Å²) in [4.78, 5) is 22.3. The number of rotatable bonds is 7. The van der Waals surface area contributed by atoms with Gasteiger partial charge in [-0.1, -0.05) is 0 Å². The monoisotopic (exact) mass is 320 g/mol. The van der Waals surface area contributed by atoms with Gasteiger partial charge in [0.25, 0.3) is 10.0 Å². The fourth-order valence-electron chi connectivity index (χ4n) is 1.35. The molecule has 0 spiro atoms. The van der Waals surface area contributed by atoms with Gasteiger partial charge < -0.3 is 10.4 Å². The Kier molecular flexibility index (Phi) is 5.66. The Labute approximate surface area is 121 Å². The first-order valence-corrected chi connectivity index (χ1v) is 8.10. The Bertz CT molecular complexity index is 592. The second kappa shape index (κ2) is 6.82. The van der Waals surface area contributed by atoms with E-state index in [1.54, 1.807) is 13.8 Å². The quantitative estimate of drug-likeness (QED) is 0.663. The van der Waals surface area contributed by atoms with E-state index < -0.39 is 21.9 Å². The number of carbonyl (C=O) groups excluding carboxylic acids is 1. The highest BCUT2D eigenvalue weighted by molar-refractivity contribution is 7.91. The van der Waals surface area contributed by atoms with Crippen LogP contribution >= 0.6 is 11.3 Å². The molecule has 0 atom stereocenters. The maximum atomic E-state index is 11.9. The molecule has 7 nitrogen and oxygen atoms in total. The molecule has 0 saturated carbocycles. The van der Waals surface area contributed by atoms with Crippen LogP contribution in [0.2, 0.25) is 0 Å². The predicted octanol–water partition coefficient (Wildman–Crippen LogP) is 0.178. The molecule has 1 aromatic heterocycles. The average molecular weight is 320 g/mol. The molecule has 1 aromatic rings. The van der Waals surface area contributed by atoms with E-state index in [9.17, 15) is 18.0 Å². The van der Waals surface area contributed by atoms with E-state index in [-0.39, 0.29) is 23.2 Å². The number of thiophene rings is 1. The van der Waals surface area contributed by atoms with Crippen molar-refractivity contribution in [1.82, 2.24) is 10.0 Å². The Morgan fingerprint density at radius 3 is 2.55 bits per heavy atom. The van der Waals surface area contributed by atoms with Gasteiger partial charge in [0.05, 0.1) is 13.0 Å². The van der Waals surface area contributed by atoms with E-state index in [0.717, 1.165) is 11.3 Å². The molecule has 0 aliphatic carbocycles. The molecule has 0 radical (unpaired) electrons. The van der Waals surface area contributed by atoms with Crippen LogP contribution in [0.4, 0.5) is 0 Å². The zero-order valence-corrected chi connectivity index (χ0v) is 12.7. The highest BCUT2D eigenvalue weighted by atomic mass is 32.2. The van der Waals surface area contributed by atoms with Gasteiger partial charge in [0.15, 0.2) is 0 Å². The number of carboxylic acid groups (broad SMARTS) is 1. The van der Waals surface area contributed by atoms with E-state index >= 15 is 0 Å². The molecular formula is C11H16N2O5S2. The van der Waals surface area contributed by atoms with Gasteiger partial charge in [0.1, 0.15) is 4.21 Å². The SMILES string of the molecule is CC(C)NC(=O)CNS(=O)(=O)c1ccc(CC(=O)O)s1. The van der Waals surface area contributed by atoms with Crippen molar-refractivity contribution in [2.24, 2.45) is 0 Å². The third kappa shape index (κ3) is 5.27. The van der Waals surface area contributed by atoms with Crippen LogP contribution in [0.25, 0.3) is 0 Å². The summed E-state index contributed by atoms with van der Waals surface area (Å²) in [6.07, 6.45) is -0.228. The van der Waals surface area contributed by atoms with Gasteiger partial charge in [-0.25, -0.2) is 13.1 Å². The van der Waals surface area contributed by atoms with E-state index in [0.29, 0.717) is 4.88 Å². The molecule has 20 heavy (non-hydrogen) atoms. The first-order chi connectivity index (χ1) is 9.20. The third-order valence-corrected chi connectivity index (χ3v) is 5.08. The number of hydrogen-bond acceptors (Lipinski definition) is 5. The van der Waals surface area contributed by atoms with Crippen LogP contribution in [0, 0.1) is 0 Å². The van der Waals surface area contributed by atoms with Gasteiger partial charge in [0.2, 0.25) is 5.91 Å². The highest BCUT2D eigenvalue weighted by Gasteiger charge is 2.18. The lowest BCUT2D eigenvalue weighted by atomic mass is 10.3. The molecule has 0 unspecified atom stereocenters. The van der Waals surface area contributed by atoms with Gasteiger partial charge >= 0.3 is 5.97 Å². The van der Waals surface area contributed by atoms with Crippen molar-refractivity contribution in [3.63, 3.8) is 0 Å². The lowest BCUT2D eigenvalue weighted by Gasteiger charge is -2.08. The van der Waals surface area contributed by atoms with E-state index in [2.05, 4.69) is 10.0 Å². The largest absolute Gasteiger partial charge is 0.481 e. The van der Waals surface area contributed by atoms with Gasteiger partial charge in [-0.2, -0.15) is 0 Å². The molecule has 0 fully saturated rings. The van der Waals surface area contributed by atoms with Crippen LogP contribution in [-0.4, -0.2) is 38.0 Å². The molecule has 1 heterocycles. The zero-order valence-electron chi connectivity index (χ0n) is 11.0. The minimum Gasteiger partial charge on any atom is -0.481 e. The number of amides is 1. The fraction of sp³-hybridized carbons (Fsp3) is 0.455. The number of nitrogens with one attached hydrogen (secondary N) is 2. The standard InChI is InChI=1S/C11H16N2O5S2/c1-7(2)13-9(14)6-12-20(17,18)11-4-3-8(19-11)5-10(15)16/h3-4,7,12H,5-6H2,1-2H3,(H,13,14)(H,15,16). The second-order valence-electron chi connectivity index (χ2n) is 4.34. The van der Waals surface area contributed by atoms with Crippen molar-refractivity contribution in [2.75, 3.05) is 6.54 Å². The molecule has 9 heteroatoms. The summed E-state index contributed by atoms with van der Waals surface area (Å²) in [6.45, 7) is 3.18. The van der Waals surface area contributed by atoms with Crippen molar-refractivity contribution < 1.29 is 23.1 Å². The minimum atomic E-state index is -3.79. The Morgan fingerprint density at radius 1 is 1.35 bits per heavy atom. The maximum absolute atomic E-state index is 11.9. The molecule has 1 rings (SSSR count). The highest BCUT2D eigenvalue weighted by Crippen LogP contribution is 2.21. The maximum Gasteiger partial charge on any atom is 0.308 e. The number of sulfonamides is 1. The molecule has 0 aliphatic rings. The number of hydrogen-bond donors (Lipinski definition) is 3. The second-order valence-corrected chi connectivity index (χ2v) is 7.50. The minimum absolute atomic E-state index is 0.00824. The third-order valence-electron chi connectivity index (χ3n) is 2.10. The Morgan fingerprint density at radius 2 is 2.00 bits per heavy atom. The van der Waals surface area contributed by atoms with Gasteiger partial charge in [0, 0.05) is 10.9 Å². The van der Waals surface area contributed by atoms with Gasteiger partial charge in [-0.05, 0) is 26.0 Å². The number of carboxylic acids is 1. The molecular weight excluding hydrogens is 304 g/mol. The Balaban J connectivity index is 2.67. The summed E-state index contributed by atoms with van der Waals surface area (Å²) in [5.74, 6) is -1.45. The Hall–Kier alpha value is -1.45. The lowest BCUT2D eigenvalue weighted by molar-refractivity contribution is -0.136. The first-order valence-electron chi connectivity index (χ1n) is 5.80. The molecule has 0 aromatic carbocycles. The van der Waals surface area contributed by atoms with Crippen molar-refractivity contribution >= 4 is 33.2 Å². The van der Waals surface area contributed by atoms with Crippen molar-refractivity contribution in [3.8, 4) is 0 Å². The van der Waals surface area contributed by atoms with Crippen LogP contribution in [0.5, 0.6) is 0 Å². The van der Waals surface area contributed by atoms with Gasteiger partial charge in [-0.15, -0.1) is 11.3 Å². The molecule has 3 N–H and O–H groups in total. The lowest BCUT2D eigenvalue weighted by Crippen LogP contribution is -2.39. The summed E-state index contributed by atoms with van der Waals surface area (Å²) in [5, 5.41) is 11.2. The molecule has 0 saturated heterocycles. The first kappa shape index (κ1) is 16.6. The fourth-order valence-corrected chi connectivity index (χ4v) is 3.72.